The van der Waals surface area contributed by atoms with Gasteiger partial charge in [-0.05, 0) is 37.3 Å². The first-order valence-electron chi connectivity index (χ1n) is 14.7. The van der Waals surface area contributed by atoms with Crippen molar-refractivity contribution >= 4 is 5.69 Å². The van der Waals surface area contributed by atoms with Crippen molar-refractivity contribution in [1.82, 2.24) is 15.0 Å². The van der Waals surface area contributed by atoms with Crippen LogP contribution in [0.25, 0.3) is 53.5 Å². The minimum Gasteiger partial charge on any atom is -0.251 e. The van der Waals surface area contributed by atoms with Crippen LogP contribution in [-0.2, 0) is 0 Å². The second-order valence-electron chi connectivity index (χ2n) is 10.7. The maximum absolute atomic E-state index is 10.4. The van der Waals surface area contributed by atoms with Crippen LogP contribution in [0.15, 0.2) is 101 Å². The van der Waals surface area contributed by atoms with E-state index in [9.17, 15) is 21.0 Å². The number of allylic oxidation sites excluding steroid dienone is 3. The Morgan fingerprint density at radius 2 is 0.943 bits per heavy atom. The van der Waals surface area contributed by atoms with E-state index in [0.29, 0.717) is 5.36 Å². The van der Waals surface area contributed by atoms with Gasteiger partial charge in [0.25, 0.3) is 0 Å². The van der Waals surface area contributed by atoms with Gasteiger partial charge in [-0.3, -0.25) is 4.99 Å². The molecular weight excluding hydrogens is 671 g/mol. The zero-order valence-electron chi connectivity index (χ0n) is 26.6. The van der Waals surface area contributed by atoms with Crippen molar-refractivity contribution in [3.05, 3.63) is 160 Å². The molecule has 0 atom stereocenters. The van der Waals surface area contributed by atoms with Crippen LogP contribution in [0, 0.1) is 71.6 Å². The molecule has 7 rings (SSSR count). The van der Waals surface area contributed by atoms with Crippen molar-refractivity contribution in [3.63, 3.8) is 0 Å². The smallest absolute Gasteiger partial charge is 0.251 e. The maximum atomic E-state index is 10.4. The summed E-state index contributed by atoms with van der Waals surface area (Å²) in [7, 11) is 0. The third kappa shape index (κ3) is 5.08. The molecule has 3 aromatic carbocycles. The number of hydrogen-bond acceptors (Lipinski definition) is 13. The van der Waals surface area contributed by atoms with Gasteiger partial charge in [0.2, 0.25) is 11.4 Å². The highest BCUT2D eigenvalue weighted by molar-refractivity contribution is 5.78. The van der Waals surface area contributed by atoms with Gasteiger partial charge in [0.05, 0.1) is 71.0 Å². The summed E-state index contributed by atoms with van der Waals surface area (Å²) in [4.78, 5) is 53.3. The van der Waals surface area contributed by atoms with E-state index in [0.717, 1.165) is 0 Å². The van der Waals surface area contributed by atoms with E-state index in [1.54, 1.807) is 31.2 Å². The fraction of sp³-hybridized carbons (Fsp3) is 0.0278. The second-order valence-corrected chi connectivity index (χ2v) is 10.7. The molecular formula is C36H9N17. The highest BCUT2D eigenvalue weighted by Gasteiger charge is 2.24. The molecule has 0 aliphatic carbocycles. The zero-order valence-corrected chi connectivity index (χ0v) is 26.6. The summed E-state index contributed by atoms with van der Waals surface area (Å²) >= 11 is 0. The lowest BCUT2D eigenvalue weighted by molar-refractivity contribution is 1.07. The first kappa shape index (κ1) is 32.2. The van der Waals surface area contributed by atoms with Gasteiger partial charge in [-0.1, -0.05) is 6.07 Å². The predicted octanol–water partition coefficient (Wildman–Crippen LogP) is 2.26. The van der Waals surface area contributed by atoms with E-state index in [4.69, 9.17) is 26.3 Å². The lowest BCUT2D eigenvalue weighted by Crippen LogP contribution is -2.26. The summed E-state index contributed by atoms with van der Waals surface area (Å²) < 4.78 is 0. The Morgan fingerprint density at radius 1 is 0.528 bits per heavy atom. The first-order valence-corrected chi connectivity index (χ1v) is 14.7. The van der Waals surface area contributed by atoms with Crippen molar-refractivity contribution in [2.75, 3.05) is 0 Å². The van der Waals surface area contributed by atoms with E-state index < -0.39 is 0 Å². The van der Waals surface area contributed by atoms with Crippen molar-refractivity contribution < 1.29 is 0 Å². The quantitative estimate of drug-likeness (QED) is 0.232. The average molecular weight is 680 g/mol. The summed E-state index contributed by atoms with van der Waals surface area (Å²) in [6.07, 6.45) is 0. The highest BCUT2D eigenvalue weighted by Crippen LogP contribution is 2.30. The number of hydrogen-bond donors (Lipinski definition) is 0. The fourth-order valence-electron chi connectivity index (χ4n) is 5.38. The van der Waals surface area contributed by atoms with Crippen LogP contribution in [0.5, 0.6) is 0 Å². The molecule has 0 bridgehead atoms. The van der Waals surface area contributed by atoms with Crippen molar-refractivity contribution in [2.45, 2.75) is 6.92 Å². The normalized spacial score (nSPS) is 15.2. The van der Waals surface area contributed by atoms with Crippen LogP contribution in [0.3, 0.4) is 0 Å². The molecule has 0 spiro atoms. The third-order valence-electron chi connectivity index (χ3n) is 7.82. The van der Waals surface area contributed by atoms with Crippen LogP contribution in [0.2, 0.25) is 0 Å². The third-order valence-corrected chi connectivity index (χ3v) is 7.82. The lowest BCUT2D eigenvalue weighted by atomic mass is 10.0. The molecule has 4 heterocycles. The molecule has 3 aliphatic heterocycles. The van der Waals surface area contributed by atoms with Crippen molar-refractivity contribution in [2.24, 2.45) is 30.0 Å². The van der Waals surface area contributed by atoms with Gasteiger partial charge in [-0.25, -0.2) is 69.8 Å². The molecule has 17 heteroatoms. The van der Waals surface area contributed by atoms with Gasteiger partial charge in [-0.2, -0.15) is 10.5 Å². The monoisotopic (exact) mass is 679 g/mol. The number of aromatic nitrogens is 3. The summed E-state index contributed by atoms with van der Waals surface area (Å²) in [6, 6.07) is 16.9. The Morgan fingerprint density at radius 3 is 1.36 bits per heavy atom. The second kappa shape index (κ2) is 12.6. The molecule has 0 radical (unpaired) electrons. The average Bonchev–Trinajstić information content (AvgIpc) is 3.94. The van der Waals surface area contributed by atoms with Gasteiger partial charge in [0.15, 0.2) is 34.9 Å². The van der Waals surface area contributed by atoms with Crippen LogP contribution in [-0.4, -0.2) is 15.0 Å². The number of nitrogens with zero attached hydrogens (tertiary/aromatic N) is 17. The summed E-state index contributed by atoms with van der Waals surface area (Å²) in [5.74, 6) is -0.352. The Labute approximate surface area is 296 Å². The van der Waals surface area contributed by atoms with Crippen molar-refractivity contribution in [3.8, 4) is 58.4 Å². The van der Waals surface area contributed by atoms with E-state index >= 15 is 0 Å². The Balaban J connectivity index is 1.56. The standard InChI is InChI=1S/C36H9N17/c1-16(41-2)31-45-24-11-8-19(29(44-5)30(24)50-31)34-52-32(17-6-9-22-27(20(17)12-37)48-35(46-22)25(14-39)42-3)51-33(53-34)18-7-10-23-28(21(18)13-38)49-36(47-23)26(15-40)43-4/h6-11H,1H3/b31-16-,35-25+,36-26+. The molecule has 4 aromatic rings. The molecule has 3 aliphatic rings. The molecule has 0 saturated carbocycles. The molecule has 0 fully saturated rings. The fourth-order valence-corrected chi connectivity index (χ4v) is 5.38. The number of fused-ring (bicyclic) bond motifs is 3. The Kier molecular flexibility index (Phi) is 7.63. The van der Waals surface area contributed by atoms with E-state index in [2.05, 4.69) is 76.4 Å². The van der Waals surface area contributed by atoms with Gasteiger partial charge >= 0.3 is 11.4 Å². The largest absolute Gasteiger partial charge is 0.305 e. The summed E-state index contributed by atoms with van der Waals surface area (Å²) in [6.45, 7) is 31.6. The maximum Gasteiger partial charge on any atom is 0.305 e. The molecule has 17 nitrogen and oxygen atoms in total. The molecule has 0 unspecified atom stereocenters. The molecule has 0 amide bonds. The molecule has 0 N–H and O–H groups in total. The number of nitriles is 4. The van der Waals surface area contributed by atoms with E-state index in [-0.39, 0.29) is 112 Å². The Hall–Kier alpha value is -9.39. The predicted molar refractivity (Wildman–Crippen MR) is 177 cm³/mol. The Bertz CT molecular complexity index is 3140. The topological polar surface area (TPSA) is 225 Å². The van der Waals surface area contributed by atoms with E-state index in [1.807, 2.05) is 0 Å². The summed E-state index contributed by atoms with van der Waals surface area (Å²) in [5.41, 5.74) is -0.0510. The van der Waals surface area contributed by atoms with Crippen LogP contribution < -0.4 is 32.1 Å². The summed E-state index contributed by atoms with van der Waals surface area (Å²) in [5, 5.41) is 40.7. The number of benzene rings is 3. The lowest BCUT2D eigenvalue weighted by Gasteiger charge is -2.11. The molecule has 238 valence electrons. The van der Waals surface area contributed by atoms with Crippen LogP contribution in [0.1, 0.15) is 18.1 Å². The zero-order chi connectivity index (χ0) is 37.4. The van der Waals surface area contributed by atoms with Gasteiger partial charge in [0, 0.05) is 16.7 Å². The van der Waals surface area contributed by atoms with E-state index in [1.165, 1.54) is 24.3 Å². The molecule has 53 heavy (non-hydrogen) atoms. The minimum absolute atomic E-state index is 0.0181. The van der Waals surface area contributed by atoms with Gasteiger partial charge in [0.1, 0.15) is 22.9 Å². The number of rotatable bonds is 3. The minimum atomic E-state index is -0.365. The molecule has 0 saturated heterocycles. The van der Waals surface area contributed by atoms with Crippen molar-refractivity contribution in [1.29, 1.82) is 21.0 Å². The van der Waals surface area contributed by atoms with Gasteiger partial charge in [-0.15, -0.1) is 0 Å². The first-order chi connectivity index (χ1) is 25.8. The van der Waals surface area contributed by atoms with Crippen LogP contribution in [0.4, 0.5) is 5.69 Å². The highest BCUT2D eigenvalue weighted by atomic mass is 15.1. The van der Waals surface area contributed by atoms with Crippen LogP contribution >= 0.6 is 0 Å². The molecule has 1 aromatic heterocycles. The van der Waals surface area contributed by atoms with Gasteiger partial charge < -0.3 is 0 Å². The SMILES string of the molecule is [C-]#[N+]/C(C)=C1/N=c2ccc(-c3nc(-c4ccc5c(c4C#N)=N/C(=C(\C#N)[N+]#[C-])N=5)nc(-c4ccc5c(c4C#N)=N/C(=C(\C#N)[N+]#[C-])N=5)n3)c([N+]#[C-])c2=N1.